The Morgan fingerprint density at radius 1 is 1.15 bits per heavy atom. The summed E-state index contributed by atoms with van der Waals surface area (Å²) in [7, 11) is 0. The first-order valence-corrected chi connectivity index (χ1v) is 13.3. The fraction of sp³-hybridized carbons (Fsp3) is 0.310. The number of amides is 1. The van der Waals surface area contributed by atoms with Crippen LogP contribution in [0.4, 0.5) is 4.39 Å². The number of likely N-dealkylation sites (tertiary alicyclic amines) is 1. The van der Waals surface area contributed by atoms with Crippen LogP contribution in [0.5, 0.6) is 5.75 Å². The van der Waals surface area contributed by atoms with E-state index in [0.29, 0.717) is 36.9 Å². The van der Waals surface area contributed by atoms with Gasteiger partial charge < -0.3 is 14.9 Å². The molecule has 1 atom stereocenters. The Morgan fingerprint density at radius 2 is 1.95 bits per heavy atom. The Bertz CT molecular complexity index is 1410. The van der Waals surface area contributed by atoms with E-state index in [0.717, 1.165) is 31.5 Å². The predicted molar refractivity (Wildman–Crippen MR) is 145 cm³/mol. The van der Waals surface area contributed by atoms with Crippen molar-refractivity contribution in [2.45, 2.75) is 31.7 Å². The first-order chi connectivity index (χ1) is 19.0. The van der Waals surface area contributed by atoms with Crippen molar-refractivity contribution >= 4 is 17.5 Å². The van der Waals surface area contributed by atoms with Crippen molar-refractivity contribution < 1.29 is 18.8 Å². The van der Waals surface area contributed by atoms with Gasteiger partial charge in [-0.25, -0.2) is 4.39 Å². The number of aromatic hydroxyl groups is 1. The van der Waals surface area contributed by atoms with Gasteiger partial charge in [-0.05, 0) is 80.2 Å². The van der Waals surface area contributed by atoms with Crippen LogP contribution in [0, 0.1) is 11.7 Å². The van der Waals surface area contributed by atoms with Crippen LogP contribution >= 0.6 is 11.6 Å². The molecule has 1 saturated heterocycles. The highest BCUT2D eigenvalue weighted by Gasteiger charge is 2.32. The number of aromatic nitrogens is 3. The van der Waals surface area contributed by atoms with Crippen LogP contribution in [-0.2, 0) is 6.54 Å². The van der Waals surface area contributed by atoms with Gasteiger partial charge in [0.15, 0.2) is 0 Å². The number of pyridine rings is 1. The van der Waals surface area contributed by atoms with Gasteiger partial charge in [0.25, 0.3) is 5.91 Å². The summed E-state index contributed by atoms with van der Waals surface area (Å²) in [4.78, 5) is 24.0. The number of halogens is 2. The summed E-state index contributed by atoms with van der Waals surface area (Å²) in [6.45, 7) is 2.77. The van der Waals surface area contributed by atoms with E-state index in [1.54, 1.807) is 36.5 Å². The van der Waals surface area contributed by atoms with Crippen molar-refractivity contribution in [1.29, 1.82) is 0 Å². The highest BCUT2D eigenvalue weighted by molar-refractivity contribution is 6.30. The zero-order valence-electron chi connectivity index (χ0n) is 21.3. The molecule has 8 nitrogen and oxygen atoms in total. The van der Waals surface area contributed by atoms with E-state index in [4.69, 9.17) is 16.1 Å². The SMILES string of the molecule is O=C(NCCC(c1nc(-c2ccccn2)no1)C1CCN(Cc2ccc(F)c(Cl)c2)CC1)c1ccccc1O. The number of para-hydroxylation sites is 1. The second kappa shape index (κ2) is 12.4. The van der Waals surface area contributed by atoms with Crippen LogP contribution in [0.15, 0.2) is 71.4 Å². The fourth-order valence-corrected chi connectivity index (χ4v) is 5.26. The molecule has 1 aliphatic heterocycles. The molecular weight excluding hydrogens is 521 g/mol. The maximum atomic E-state index is 13.5. The third-order valence-corrected chi connectivity index (χ3v) is 7.42. The maximum absolute atomic E-state index is 13.5. The molecule has 2 aromatic carbocycles. The minimum Gasteiger partial charge on any atom is -0.507 e. The van der Waals surface area contributed by atoms with Crippen molar-refractivity contribution in [1.82, 2.24) is 25.3 Å². The molecule has 1 fully saturated rings. The standard InChI is InChI=1S/C29H29ClFN5O3/c30-23-17-19(8-9-24(23)31)18-36-15-11-20(12-16-36)21(10-14-33-28(38)22-5-1-2-7-26(22)37)29-34-27(35-39-29)25-6-3-4-13-32-25/h1-9,13,17,20-21,37H,10-12,14-16,18H2,(H,33,38). The number of phenolic OH excluding ortho intramolecular Hbond substituents is 1. The molecule has 0 bridgehead atoms. The number of hydrogen-bond donors (Lipinski definition) is 2. The van der Waals surface area contributed by atoms with Gasteiger partial charge in [0.1, 0.15) is 17.3 Å². The molecule has 39 heavy (non-hydrogen) atoms. The van der Waals surface area contributed by atoms with Crippen molar-refractivity contribution in [2.75, 3.05) is 19.6 Å². The lowest BCUT2D eigenvalue weighted by atomic mass is 9.82. The monoisotopic (exact) mass is 549 g/mol. The van der Waals surface area contributed by atoms with Gasteiger partial charge in [-0.2, -0.15) is 4.98 Å². The molecule has 0 spiro atoms. The molecule has 0 radical (unpaired) electrons. The third-order valence-electron chi connectivity index (χ3n) is 7.13. The molecule has 4 aromatic rings. The zero-order chi connectivity index (χ0) is 27.2. The number of phenols is 1. The number of carbonyl (C=O) groups excluding carboxylic acids is 1. The molecule has 1 aliphatic rings. The molecule has 2 aromatic heterocycles. The Kier molecular flexibility index (Phi) is 8.48. The highest BCUT2D eigenvalue weighted by atomic mass is 35.5. The van der Waals surface area contributed by atoms with E-state index in [-0.39, 0.29) is 34.1 Å². The van der Waals surface area contributed by atoms with Gasteiger partial charge in [-0.1, -0.05) is 41.0 Å². The summed E-state index contributed by atoms with van der Waals surface area (Å²) in [5.41, 5.74) is 1.84. The summed E-state index contributed by atoms with van der Waals surface area (Å²) in [6.07, 6.45) is 4.07. The number of rotatable bonds is 9. The van der Waals surface area contributed by atoms with Crippen LogP contribution in [0.25, 0.3) is 11.5 Å². The van der Waals surface area contributed by atoms with Gasteiger partial charge in [0.2, 0.25) is 11.7 Å². The number of piperidine rings is 1. The Labute approximate surface area is 230 Å². The van der Waals surface area contributed by atoms with E-state index < -0.39 is 5.82 Å². The van der Waals surface area contributed by atoms with Crippen molar-refractivity contribution in [3.8, 4) is 17.3 Å². The lowest BCUT2D eigenvalue weighted by Crippen LogP contribution is -2.36. The van der Waals surface area contributed by atoms with Gasteiger partial charge >= 0.3 is 0 Å². The van der Waals surface area contributed by atoms with E-state index >= 15 is 0 Å². The number of benzene rings is 2. The zero-order valence-corrected chi connectivity index (χ0v) is 22.0. The second-order valence-corrected chi connectivity index (χ2v) is 10.1. The number of hydrogen-bond acceptors (Lipinski definition) is 7. The summed E-state index contributed by atoms with van der Waals surface area (Å²) in [5.74, 6) is 0.341. The molecule has 202 valence electrons. The molecule has 2 N–H and O–H groups in total. The molecule has 3 heterocycles. The maximum Gasteiger partial charge on any atom is 0.255 e. The molecule has 10 heteroatoms. The van der Waals surface area contributed by atoms with Crippen molar-refractivity contribution in [3.05, 3.63) is 94.7 Å². The van der Waals surface area contributed by atoms with Crippen LogP contribution < -0.4 is 5.32 Å². The smallest absolute Gasteiger partial charge is 0.255 e. The average molecular weight is 550 g/mol. The second-order valence-electron chi connectivity index (χ2n) is 9.70. The molecule has 1 unspecified atom stereocenters. The van der Waals surface area contributed by atoms with Crippen LogP contribution in [0.2, 0.25) is 5.02 Å². The first-order valence-electron chi connectivity index (χ1n) is 13.0. The molecule has 1 amide bonds. The summed E-state index contributed by atoms with van der Waals surface area (Å²) in [6, 6.07) is 16.8. The van der Waals surface area contributed by atoms with Gasteiger partial charge in [0, 0.05) is 25.2 Å². The fourth-order valence-electron chi connectivity index (χ4n) is 5.06. The molecular formula is C29H29ClFN5O3. The molecule has 0 saturated carbocycles. The van der Waals surface area contributed by atoms with Crippen LogP contribution in [0.1, 0.15) is 47.0 Å². The summed E-state index contributed by atoms with van der Waals surface area (Å²) < 4.78 is 19.3. The Balaban J connectivity index is 1.26. The van der Waals surface area contributed by atoms with Crippen molar-refractivity contribution in [3.63, 3.8) is 0 Å². The van der Waals surface area contributed by atoms with Gasteiger partial charge in [-0.15, -0.1) is 0 Å². The average Bonchev–Trinajstić information content (AvgIpc) is 3.44. The van der Waals surface area contributed by atoms with E-state index in [1.807, 2.05) is 18.2 Å². The number of carbonyl (C=O) groups is 1. The van der Waals surface area contributed by atoms with Gasteiger partial charge in [0.05, 0.1) is 10.6 Å². The first kappa shape index (κ1) is 26.8. The number of nitrogens with one attached hydrogen (secondary N) is 1. The normalized spacial score (nSPS) is 15.2. The largest absolute Gasteiger partial charge is 0.507 e. The summed E-state index contributed by atoms with van der Waals surface area (Å²) in [5, 5.41) is 17.2. The lowest BCUT2D eigenvalue weighted by Gasteiger charge is -2.35. The predicted octanol–water partition coefficient (Wildman–Crippen LogP) is 5.45. The third kappa shape index (κ3) is 6.61. The minimum absolute atomic E-state index is 0.0572. The quantitative estimate of drug-likeness (QED) is 0.286. The molecule has 5 rings (SSSR count). The van der Waals surface area contributed by atoms with E-state index in [9.17, 15) is 14.3 Å². The van der Waals surface area contributed by atoms with E-state index in [2.05, 4.69) is 25.3 Å². The highest BCUT2D eigenvalue weighted by Crippen LogP contribution is 2.35. The van der Waals surface area contributed by atoms with Crippen LogP contribution in [-0.4, -0.2) is 50.7 Å². The van der Waals surface area contributed by atoms with E-state index in [1.165, 1.54) is 12.1 Å². The molecule has 0 aliphatic carbocycles. The topological polar surface area (TPSA) is 104 Å². The van der Waals surface area contributed by atoms with Crippen LogP contribution in [0.3, 0.4) is 0 Å². The summed E-state index contributed by atoms with van der Waals surface area (Å²) >= 11 is 5.96. The lowest BCUT2D eigenvalue weighted by molar-refractivity contribution is 0.0945. The van der Waals surface area contributed by atoms with Crippen molar-refractivity contribution in [2.24, 2.45) is 5.92 Å². The van der Waals surface area contributed by atoms with Gasteiger partial charge in [-0.3, -0.25) is 14.7 Å². The Hall–Kier alpha value is -3.82. The Morgan fingerprint density at radius 3 is 2.69 bits per heavy atom. The minimum atomic E-state index is -0.416. The number of nitrogens with zero attached hydrogens (tertiary/aromatic N) is 4.